The van der Waals surface area contributed by atoms with E-state index in [4.69, 9.17) is 9.47 Å². The molecule has 1 atom stereocenters. The molecule has 1 aliphatic rings. The molecule has 3 rings (SSSR count). The smallest absolute Gasteiger partial charge is 0.338 e. The highest BCUT2D eigenvalue weighted by atomic mass is 79.9. The van der Waals surface area contributed by atoms with E-state index in [2.05, 4.69) is 31.3 Å². The zero-order chi connectivity index (χ0) is 17.4. The van der Waals surface area contributed by atoms with Crippen molar-refractivity contribution in [1.82, 2.24) is 14.8 Å². The summed E-state index contributed by atoms with van der Waals surface area (Å²) < 4.78 is 12.2. The Morgan fingerprint density at radius 3 is 2.83 bits per heavy atom. The van der Waals surface area contributed by atoms with Crippen molar-refractivity contribution >= 4 is 27.8 Å². The first-order valence-electron chi connectivity index (χ1n) is 7.00. The maximum absolute atomic E-state index is 12.3. The molecule has 1 unspecified atom stereocenters. The molecule has 0 amide bonds. The topological polar surface area (TPSA) is 98.5 Å². The number of halogens is 1. The minimum Gasteiger partial charge on any atom is -0.503 e. The van der Waals surface area contributed by atoms with Crippen LogP contribution in [0.2, 0.25) is 0 Å². The van der Waals surface area contributed by atoms with Crippen LogP contribution in [0.3, 0.4) is 0 Å². The van der Waals surface area contributed by atoms with Gasteiger partial charge in [0, 0.05) is 5.70 Å². The second-order valence-corrected chi connectivity index (χ2v) is 5.99. The Balaban J connectivity index is 2.24. The number of nitrogens with zero attached hydrogens (tertiary/aromatic N) is 3. The molecule has 24 heavy (non-hydrogen) atoms. The average molecular weight is 395 g/mol. The summed E-state index contributed by atoms with van der Waals surface area (Å²) in [6, 6.07) is 2.79. The molecule has 8 nitrogen and oxygen atoms in total. The first kappa shape index (κ1) is 16.3. The SMILES string of the molecule is COC(=O)C1=C(C)Nc2ncnn2C1c1cc(Br)c(O)c(OC)c1. The van der Waals surface area contributed by atoms with Crippen molar-refractivity contribution in [2.45, 2.75) is 13.0 Å². The van der Waals surface area contributed by atoms with Gasteiger partial charge < -0.3 is 19.9 Å². The van der Waals surface area contributed by atoms with Crippen molar-refractivity contribution in [3.63, 3.8) is 0 Å². The molecule has 9 heteroatoms. The van der Waals surface area contributed by atoms with Crippen LogP contribution in [-0.2, 0) is 9.53 Å². The van der Waals surface area contributed by atoms with Crippen LogP contribution in [0.5, 0.6) is 11.5 Å². The van der Waals surface area contributed by atoms with Crippen LogP contribution >= 0.6 is 15.9 Å². The first-order valence-corrected chi connectivity index (χ1v) is 7.79. The summed E-state index contributed by atoms with van der Waals surface area (Å²) in [5.74, 6) is 0.290. The summed E-state index contributed by atoms with van der Waals surface area (Å²) in [5.41, 5.74) is 1.70. The Hall–Kier alpha value is -2.55. The number of ether oxygens (including phenoxy) is 2. The van der Waals surface area contributed by atoms with E-state index < -0.39 is 12.0 Å². The van der Waals surface area contributed by atoms with E-state index in [1.54, 1.807) is 23.7 Å². The fourth-order valence-corrected chi connectivity index (χ4v) is 3.14. The molecule has 0 aliphatic carbocycles. The van der Waals surface area contributed by atoms with Gasteiger partial charge in [0.1, 0.15) is 12.4 Å². The number of fused-ring (bicyclic) bond motifs is 1. The molecular formula is C15H15BrN4O4. The third-order valence-corrected chi connectivity index (χ3v) is 4.39. The zero-order valence-electron chi connectivity index (χ0n) is 13.2. The molecule has 1 aliphatic heterocycles. The Labute approximate surface area is 146 Å². The van der Waals surface area contributed by atoms with E-state index >= 15 is 0 Å². The second kappa shape index (κ2) is 6.16. The maximum atomic E-state index is 12.3. The molecule has 0 radical (unpaired) electrons. The summed E-state index contributed by atoms with van der Waals surface area (Å²) in [6.07, 6.45) is 1.40. The van der Waals surface area contributed by atoms with Gasteiger partial charge in [-0.2, -0.15) is 10.1 Å². The van der Waals surface area contributed by atoms with Gasteiger partial charge in [0.25, 0.3) is 0 Å². The number of nitrogens with one attached hydrogen (secondary N) is 1. The van der Waals surface area contributed by atoms with E-state index in [0.717, 1.165) is 0 Å². The van der Waals surface area contributed by atoms with Crippen LogP contribution < -0.4 is 10.1 Å². The number of hydrogen-bond acceptors (Lipinski definition) is 7. The standard InChI is InChI=1S/C15H15BrN4O4/c1-7-11(14(22)24-3)12(20-15(19-7)17-6-18-20)8-4-9(16)13(21)10(5-8)23-2/h4-6,12,21H,1-3H3,(H,17,18,19). The number of aromatic hydroxyl groups is 1. The highest BCUT2D eigenvalue weighted by Crippen LogP contribution is 2.41. The number of carbonyl (C=O) groups is 1. The Kier molecular flexibility index (Phi) is 4.18. The number of rotatable bonds is 3. The molecule has 1 aromatic carbocycles. The van der Waals surface area contributed by atoms with Crippen molar-refractivity contribution in [3.8, 4) is 11.5 Å². The molecule has 2 heterocycles. The second-order valence-electron chi connectivity index (χ2n) is 5.14. The van der Waals surface area contributed by atoms with E-state index in [0.29, 0.717) is 27.3 Å². The molecule has 1 aromatic heterocycles. The molecule has 126 valence electrons. The van der Waals surface area contributed by atoms with Crippen LogP contribution in [0.15, 0.2) is 34.2 Å². The fraction of sp³-hybridized carbons (Fsp3) is 0.267. The predicted octanol–water partition coefficient (Wildman–Crippen LogP) is 2.22. The number of phenolic OH excluding ortho intramolecular Hbond substituents is 1. The molecule has 0 saturated heterocycles. The minimum absolute atomic E-state index is 0.0192. The summed E-state index contributed by atoms with van der Waals surface area (Å²) in [6.45, 7) is 1.77. The number of aromatic nitrogens is 3. The quantitative estimate of drug-likeness (QED) is 0.769. The largest absolute Gasteiger partial charge is 0.503 e. The first-order chi connectivity index (χ1) is 11.5. The van der Waals surface area contributed by atoms with E-state index in [9.17, 15) is 9.90 Å². The molecule has 0 saturated carbocycles. The summed E-state index contributed by atoms with van der Waals surface area (Å²) in [7, 11) is 2.78. The van der Waals surface area contributed by atoms with Crippen molar-refractivity contribution in [2.75, 3.05) is 19.5 Å². The van der Waals surface area contributed by atoms with Crippen molar-refractivity contribution < 1.29 is 19.4 Å². The Morgan fingerprint density at radius 1 is 1.42 bits per heavy atom. The highest BCUT2D eigenvalue weighted by Gasteiger charge is 2.34. The van der Waals surface area contributed by atoms with Gasteiger partial charge in [-0.3, -0.25) is 0 Å². The number of anilines is 1. The van der Waals surface area contributed by atoms with Crippen molar-refractivity contribution in [2.24, 2.45) is 0 Å². The van der Waals surface area contributed by atoms with Crippen LogP contribution in [0.4, 0.5) is 5.95 Å². The number of esters is 1. The van der Waals surface area contributed by atoms with Gasteiger partial charge in [0.15, 0.2) is 11.5 Å². The van der Waals surface area contributed by atoms with Crippen molar-refractivity contribution in [1.29, 1.82) is 0 Å². The Bertz CT molecular complexity index is 846. The van der Waals surface area contributed by atoms with Gasteiger partial charge in [0.05, 0.1) is 24.3 Å². The molecule has 0 bridgehead atoms. The monoisotopic (exact) mass is 394 g/mol. The lowest BCUT2D eigenvalue weighted by Gasteiger charge is -2.28. The highest BCUT2D eigenvalue weighted by molar-refractivity contribution is 9.10. The lowest BCUT2D eigenvalue weighted by molar-refractivity contribution is -0.136. The number of carbonyl (C=O) groups excluding carboxylic acids is 1. The third-order valence-electron chi connectivity index (χ3n) is 3.79. The molecule has 2 aromatic rings. The van der Waals surface area contributed by atoms with Crippen LogP contribution in [0.1, 0.15) is 18.5 Å². The lowest BCUT2D eigenvalue weighted by Crippen LogP contribution is -2.29. The zero-order valence-corrected chi connectivity index (χ0v) is 14.8. The molecule has 0 spiro atoms. The van der Waals surface area contributed by atoms with Gasteiger partial charge in [0.2, 0.25) is 5.95 Å². The number of allylic oxidation sites excluding steroid dienone is 1. The normalized spacial score (nSPS) is 16.4. The summed E-state index contributed by atoms with van der Waals surface area (Å²) in [4.78, 5) is 16.5. The van der Waals surface area contributed by atoms with Crippen LogP contribution in [0, 0.1) is 0 Å². The van der Waals surface area contributed by atoms with Crippen LogP contribution in [0.25, 0.3) is 0 Å². The molecule has 0 fully saturated rings. The van der Waals surface area contributed by atoms with E-state index in [1.807, 2.05) is 0 Å². The Morgan fingerprint density at radius 2 is 2.17 bits per heavy atom. The van der Waals surface area contributed by atoms with Gasteiger partial charge >= 0.3 is 5.97 Å². The minimum atomic E-state index is -0.568. The van der Waals surface area contributed by atoms with Crippen molar-refractivity contribution in [3.05, 3.63) is 39.8 Å². The van der Waals surface area contributed by atoms with Crippen LogP contribution in [-0.4, -0.2) is 40.1 Å². The molecular weight excluding hydrogens is 380 g/mol. The predicted molar refractivity (Wildman–Crippen MR) is 88.9 cm³/mol. The van der Waals surface area contributed by atoms with Gasteiger partial charge in [-0.1, -0.05) is 0 Å². The number of benzene rings is 1. The lowest BCUT2D eigenvalue weighted by atomic mass is 9.95. The third kappa shape index (κ3) is 2.50. The number of hydrogen-bond donors (Lipinski definition) is 2. The number of methoxy groups -OCH3 is 2. The summed E-state index contributed by atoms with van der Waals surface area (Å²) >= 11 is 3.30. The van der Waals surface area contributed by atoms with E-state index in [1.165, 1.54) is 20.5 Å². The number of phenols is 1. The maximum Gasteiger partial charge on any atom is 0.338 e. The average Bonchev–Trinajstić information content (AvgIpc) is 3.03. The van der Waals surface area contributed by atoms with E-state index in [-0.39, 0.29) is 11.5 Å². The molecule has 2 N–H and O–H groups in total. The van der Waals surface area contributed by atoms with Gasteiger partial charge in [-0.15, -0.1) is 0 Å². The fourth-order valence-electron chi connectivity index (χ4n) is 2.68. The van der Waals surface area contributed by atoms with Gasteiger partial charge in [-0.05, 0) is 40.5 Å². The summed E-state index contributed by atoms with van der Waals surface area (Å²) in [5, 5.41) is 17.3. The van der Waals surface area contributed by atoms with Gasteiger partial charge in [-0.25, -0.2) is 9.48 Å².